The van der Waals surface area contributed by atoms with Crippen LogP contribution in [-0.4, -0.2) is 45.4 Å². The van der Waals surface area contributed by atoms with Crippen LogP contribution < -0.4 is 4.90 Å². The van der Waals surface area contributed by atoms with Crippen LogP contribution in [0, 0.1) is 5.92 Å². The number of nitrogens with zero attached hydrogens (tertiary/aromatic N) is 4. The standard InChI is InChI=1S/C25H31BrF2N4O2/c1-15(34)30-10-8-22-20(13-30)25(29-32(22)18-6-4-16(14-33)5-7-18)31-9-2-3-17-11-21(26)19(24(27)28)12-23(17)31/h11-12,16,18,24,33H,2-10,13-14H2,1H3. The average molecular weight is 537 g/mol. The van der Waals surface area contributed by atoms with E-state index in [9.17, 15) is 18.7 Å². The van der Waals surface area contributed by atoms with Gasteiger partial charge in [0.2, 0.25) is 5.91 Å². The summed E-state index contributed by atoms with van der Waals surface area (Å²) < 4.78 is 30.0. The third-order valence-corrected chi connectivity index (χ3v) is 8.42. The fourth-order valence-corrected chi connectivity index (χ4v) is 6.36. The molecule has 3 heterocycles. The molecule has 0 saturated heterocycles. The van der Waals surface area contributed by atoms with E-state index in [4.69, 9.17) is 5.10 Å². The maximum Gasteiger partial charge on any atom is 0.265 e. The molecule has 1 aliphatic carbocycles. The molecule has 1 fully saturated rings. The van der Waals surface area contributed by atoms with E-state index in [1.807, 2.05) is 11.0 Å². The summed E-state index contributed by atoms with van der Waals surface area (Å²) in [6, 6.07) is 3.69. The van der Waals surface area contributed by atoms with Gasteiger partial charge in [-0.25, -0.2) is 8.78 Å². The van der Waals surface area contributed by atoms with Crippen molar-refractivity contribution in [1.82, 2.24) is 14.7 Å². The Morgan fingerprint density at radius 1 is 1.21 bits per heavy atom. The van der Waals surface area contributed by atoms with Crippen molar-refractivity contribution < 1.29 is 18.7 Å². The van der Waals surface area contributed by atoms with Crippen LogP contribution >= 0.6 is 15.9 Å². The Kier molecular flexibility index (Phi) is 6.68. The lowest BCUT2D eigenvalue weighted by molar-refractivity contribution is -0.129. The van der Waals surface area contributed by atoms with Crippen molar-refractivity contribution in [3.8, 4) is 0 Å². The Labute approximate surface area is 207 Å². The SMILES string of the molecule is CC(=O)N1CCc2c(c(N3CCCc4cc(Br)c(C(F)F)cc43)nn2C2CCC(CO)CC2)C1. The predicted octanol–water partition coefficient (Wildman–Crippen LogP) is 5.30. The predicted molar refractivity (Wildman–Crippen MR) is 130 cm³/mol. The Hall–Kier alpha value is -2.00. The number of anilines is 2. The first-order valence-electron chi connectivity index (χ1n) is 12.2. The number of carbonyl (C=O) groups excluding carboxylic acids is 1. The number of fused-ring (bicyclic) bond motifs is 2. The summed E-state index contributed by atoms with van der Waals surface area (Å²) in [5, 5.41) is 14.7. The number of aliphatic hydroxyl groups excluding tert-OH is 1. The minimum Gasteiger partial charge on any atom is -0.396 e. The van der Waals surface area contributed by atoms with Gasteiger partial charge in [0.1, 0.15) is 0 Å². The van der Waals surface area contributed by atoms with E-state index in [0.717, 1.165) is 67.6 Å². The molecule has 2 aliphatic heterocycles. The molecule has 2 aromatic rings. The maximum atomic E-state index is 13.7. The molecule has 34 heavy (non-hydrogen) atoms. The van der Waals surface area contributed by atoms with E-state index in [2.05, 4.69) is 25.5 Å². The van der Waals surface area contributed by atoms with Gasteiger partial charge in [-0.1, -0.05) is 15.9 Å². The van der Waals surface area contributed by atoms with Gasteiger partial charge in [-0.2, -0.15) is 5.10 Å². The molecule has 6 nitrogen and oxygen atoms in total. The summed E-state index contributed by atoms with van der Waals surface area (Å²) in [5.41, 5.74) is 4.03. The van der Waals surface area contributed by atoms with Gasteiger partial charge in [0, 0.05) is 60.0 Å². The molecule has 0 radical (unpaired) electrons. The Morgan fingerprint density at radius 3 is 2.65 bits per heavy atom. The van der Waals surface area contributed by atoms with Crippen LogP contribution in [0.25, 0.3) is 0 Å². The van der Waals surface area contributed by atoms with Crippen molar-refractivity contribution in [3.05, 3.63) is 39.0 Å². The normalized spacial score (nSPS) is 22.6. The van der Waals surface area contributed by atoms with Crippen molar-refractivity contribution in [2.75, 3.05) is 24.6 Å². The maximum absolute atomic E-state index is 13.7. The smallest absolute Gasteiger partial charge is 0.265 e. The monoisotopic (exact) mass is 536 g/mol. The average Bonchev–Trinajstić information content (AvgIpc) is 3.21. The van der Waals surface area contributed by atoms with Gasteiger partial charge in [-0.05, 0) is 62.1 Å². The second-order valence-corrected chi connectivity index (χ2v) is 10.7. The lowest BCUT2D eigenvalue weighted by Gasteiger charge is -2.33. The Balaban J connectivity index is 1.58. The zero-order valence-corrected chi connectivity index (χ0v) is 21.0. The van der Waals surface area contributed by atoms with Crippen LogP contribution in [0.2, 0.25) is 0 Å². The number of benzene rings is 1. The summed E-state index contributed by atoms with van der Waals surface area (Å²) >= 11 is 3.32. The molecule has 3 aliphatic rings. The number of alkyl halides is 2. The first kappa shape index (κ1) is 23.7. The molecule has 1 amide bonds. The quantitative estimate of drug-likeness (QED) is 0.576. The third-order valence-electron chi connectivity index (χ3n) is 7.74. The van der Waals surface area contributed by atoms with Crippen molar-refractivity contribution in [2.45, 2.75) is 70.9 Å². The zero-order valence-electron chi connectivity index (χ0n) is 19.4. The molecule has 0 unspecified atom stereocenters. The van der Waals surface area contributed by atoms with Gasteiger partial charge < -0.3 is 14.9 Å². The lowest BCUT2D eigenvalue weighted by atomic mass is 9.86. The van der Waals surface area contributed by atoms with Crippen molar-refractivity contribution in [3.63, 3.8) is 0 Å². The van der Waals surface area contributed by atoms with Crippen molar-refractivity contribution >= 4 is 33.3 Å². The Morgan fingerprint density at radius 2 is 1.97 bits per heavy atom. The van der Waals surface area contributed by atoms with Crippen LogP contribution in [0.3, 0.4) is 0 Å². The van der Waals surface area contributed by atoms with Gasteiger partial charge in [-0.15, -0.1) is 0 Å². The largest absolute Gasteiger partial charge is 0.396 e. The van der Waals surface area contributed by atoms with Crippen molar-refractivity contribution in [1.29, 1.82) is 0 Å². The second kappa shape index (κ2) is 9.57. The number of aromatic nitrogens is 2. The van der Waals surface area contributed by atoms with E-state index in [1.54, 1.807) is 13.0 Å². The highest BCUT2D eigenvalue weighted by Gasteiger charge is 2.34. The second-order valence-electron chi connectivity index (χ2n) is 9.80. The summed E-state index contributed by atoms with van der Waals surface area (Å²) in [5.74, 6) is 1.19. The number of hydrogen-bond donors (Lipinski definition) is 1. The molecule has 1 aromatic heterocycles. The minimum atomic E-state index is -2.56. The van der Waals surface area contributed by atoms with Gasteiger partial charge >= 0.3 is 0 Å². The molecule has 184 valence electrons. The molecule has 1 N–H and O–H groups in total. The third kappa shape index (κ3) is 4.26. The summed E-state index contributed by atoms with van der Waals surface area (Å²) in [7, 11) is 0. The van der Waals surface area contributed by atoms with E-state index in [-0.39, 0.29) is 24.1 Å². The topological polar surface area (TPSA) is 61.6 Å². The fraction of sp³-hybridized carbons (Fsp3) is 0.600. The molecule has 1 aromatic carbocycles. The number of rotatable bonds is 4. The van der Waals surface area contributed by atoms with Crippen LogP contribution in [0.5, 0.6) is 0 Å². The number of aliphatic hydroxyl groups is 1. The van der Waals surface area contributed by atoms with Crippen LogP contribution in [0.4, 0.5) is 20.3 Å². The number of halogens is 3. The van der Waals surface area contributed by atoms with Gasteiger partial charge in [0.25, 0.3) is 6.43 Å². The summed E-state index contributed by atoms with van der Waals surface area (Å²) in [6.45, 7) is 3.69. The first-order valence-corrected chi connectivity index (χ1v) is 13.0. The number of amides is 1. The van der Waals surface area contributed by atoms with E-state index >= 15 is 0 Å². The van der Waals surface area contributed by atoms with Crippen LogP contribution in [0.15, 0.2) is 16.6 Å². The molecule has 1 saturated carbocycles. The van der Waals surface area contributed by atoms with Gasteiger partial charge in [0.05, 0.1) is 12.6 Å². The van der Waals surface area contributed by atoms with Crippen molar-refractivity contribution in [2.24, 2.45) is 5.92 Å². The van der Waals surface area contributed by atoms with E-state index in [0.29, 0.717) is 30.0 Å². The molecule has 0 bridgehead atoms. The molecular weight excluding hydrogens is 506 g/mol. The number of carbonyl (C=O) groups is 1. The van der Waals surface area contributed by atoms with Crippen LogP contribution in [0.1, 0.15) is 73.9 Å². The number of hydrogen-bond acceptors (Lipinski definition) is 4. The molecule has 0 atom stereocenters. The summed E-state index contributed by atoms with van der Waals surface area (Å²) in [4.78, 5) is 16.1. The molecular formula is C25H31BrF2N4O2. The van der Waals surface area contributed by atoms with Gasteiger partial charge in [-0.3, -0.25) is 9.48 Å². The first-order chi connectivity index (χ1) is 16.4. The highest BCUT2D eigenvalue weighted by molar-refractivity contribution is 9.10. The highest BCUT2D eigenvalue weighted by Crippen LogP contribution is 2.43. The highest BCUT2D eigenvalue weighted by atomic mass is 79.9. The zero-order chi connectivity index (χ0) is 24.0. The molecule has 0 spiro atoms. The molecule has 9 heteroatoms. The fourth-order valence-electron chi connectivity index (χ4n) is 5.79. The van der Waals surface area contributed by atoms with E-state index < -0.39 is 6.43 Å². The minimum absolute atomic E-state index is 0.00774. The van der Waals surface area contributed by atoms with E-state index in [1.165, 1.54) is 5.69 Å². The summed E-state index contributed by atoms with van der Waals surface area (Å²) in [6.07, 6.45) is 3.80. The molecule has 5 rings (SSSR count). The lowest BCUT2D eigenvalue weighted by Crippen LogP contribution is -2.36. The van der Waals surface area contributed by atoms with Crippen LogP contribution in [-0.2, 0) is 24.2 Å². The number of aryl methyl sites for hydroxylation is 1. The van der Waals surface area contributed by atoms with Gasteiger partial charge in [0.15, 0.2) is 5.82 Å². The Bertz CT molecular complexity index is 1080.